The number of ether oxygens (including phenoxy) is 1. The van der Waals surface area contributed by atoms with Gasteiger partial charge in [0.1, 0.15) is 5.60 Å². The van der Waals surface area contributed by atoms with E-state index < -0.39 is 27.2 Å². The Bertz CT molecular complexity index is 1260. The van der Waals surface area contributed by atoms with E-state index in [4.69, 9.17) is 27.9 Å². The summed E-state index contributed by atoms with van der Waals surface area (Å²) in [5, 5.41) is 3.68. The number of halogens is 2. The molecule has 1 unspecified atom stereocenters. The highest BCUT2D eigenvalue weighted by molar-refractivity contribution is 7.87. The molecule has 1 aromatic heterocycles. The second-order valence-electron chi connectivity index (χ2n) is 10.7. The molecule has 0 aliphatic carbocycles. The molecule has 2 heterocycles. The number of pyridine rings is 1. The molecule has 1 aromatic carbocycles. The standard InChI is InChI=1S/C27H36Cl2N4O5S/c1-19(18-31-25(35)21-9-8-20(28)17-22(21)29)27(23-7-5-6-13-30-23)11-15-33(16-12-27)39(36,37)32-14-10-24(34)38-26(2,3)4/h5-9,13,17,19,32H,10-12,14-16,18H2,1-4H3,(H,31,35). The fourth-order valence-electron chi connectivity index (χ4n) is 4.76. The van der Waals surface area contributed by atoms with Gasteiger partial charge < -0.3 is 10.1 Å². The second-order valence-corrected chi connectivity index (χ2v) is 13.3. The van der Waals surface area contributed by atoms with E-state index in [0.29, 0.717) is 30.0 Å². The van der Waals surface area contributed by atoms with Gasteiger partial charge in [0.2, 0.25) is 0 Å². The molecule has 214 valence electrons. The highest BCUT2D eigenvalue weighted by Gasteiger charge is 2.44. The lowest BCUT2D eigenvalue weighted by Crippen LogP contribution is -2.53. The van der Waals surface area contributed by atoms with Gasteiger partial charge in [-0.2, -0.15) is 12.7 Å². The normalized spacial score (nSPS) is 16.9. The molecule has 12 heteroatoms. The lowest BCUT2D eigenvalue weighted by atomic mass is 9.67. The second kappa shape index (κ2) is 13.0. The number of rotatable bonds is 10. The van der Waals surface area contributed by atoms with Crippen molar-refractivity contribution in [1.82, 2.24) is 19.3 Å². The van der Waals surface area contributed by atoms with E-state index in [9.17, 15) is 18.0 Å². The van der Waals surface area contributed by atoms with Gasteiger partial charge in [0.05, 0.1) is 17.0 Å². The Kier molecular flexibility index (Phi) is 10.4. The van der Waals surface area contributed by atoms with Crippen molar-refractivity contribution in [2.75, 3.05) is 26.2 Å². The number of nitrogens with zero attached hydrogens (tertiary/aromatic N) is 2. The zero-order valence-electron chi connectivity index (χ0n) is 22.7. The summed E-state index contributed by atoms with van der Waals surface area (Å²) in [6, 6.07) is 10.4. The highest BCUT2D eigenvalue weighted by Crippen LogP contribution is 2.41. The van der Waals surface area contributed by atoms with E-state index >= 15 is 0 Å². The van der Waals surface area contributed by atoms with Crippen LogP contribution in [0.2, 0.25) is 10.0 Å². The topological polar surface area (TPSA) is 118 Å². The molecule has 0 spiro atoms. The molecule has 1 aliphatic heterocycles. The summed E-state index contributed by atoms with van der Waals surface area (Å²) in [6.45, 7) is 8.13. The van der Waals surface area contributed by atoms with Crippen molar-refractivity contribution in [3.63, 3.8) is 0 Å². The van der Waals surface area contributed by atoms with Gasteiger partial charge in [0, 0.05) is 48.5 Å². The van der Waals surface area contributed by atoms with Crippen molar-refractivity contribution in [1.29, 1.82) is 0 Å². The molecule has 0 radical (unpaired) electrons. The fraction of sp³-hybridized carbons (Fsp3) is 0.519. The van der Waals surface area contributed by atoms with Gasteiger partial charge in [-0.15, -0.1) is 0 Å². The van der Waals surface area contributed by atoms with E-state index in [2.05, 4.69) is 15.0 Å². The van der Waals surface area contributed by atoms with Crippen molar-refractivity contribution in [2.45, 2.75) is 58.0 Å². The number of esters is 1. The first-order valence-corrected chi connectivity index (χ1v) is 15.0. The molecule has 39 heavy (non-hydrogen) atoms. The molecule has 3 rings (SSSR count). The monoisotopic (exact) mass is 598 g/mol. The number of amides is 1. The van der Waals surface area contributed by atoms with E-state index in [-0.39, 0.29) is 42.9 Å². The molecule has 1 amide bonds. The Morgan fingerprint density at radius 3 is 2.44 bits per heavy atom. The first-order valence-electron chi connectivity index (χ1n) is 12.8. The third-order valence-electron chi connectivity index (χ3n) is 6.85. The van der Waals surface area contributed by atoms with Crippen LogP contribution in [0.3, 0.4) is 0 Å². The molecule has 9 nitrogen and oxygen atoms in total. The third-order valence-corrected chi connectivity index (χ3v) is 9.01. The first kappa shape index (κ1) is 31.3. The Labute approximate surface area is 240 Å². The number of piperidine rings is 1. The molecular formula is C27H36Cl2N4O5S. The maximum absolute atomic E-state index is 13.0. The van der Waals surface area contributed by atoms with Crippen LogP contribution in [0.1, 0.15) is 63.0 Å². The van der Waals surface area contributed by atoms with Crippen LogP contribution in [0.25, 0.3) is 0 Å². The van der Waals surface area contributed by atoms with Crippen LogP contribution in [0.5, 0.6) is 0 Å². The molecule has 1 fully saturated rings. The lowest BCUT2D eigenvalue weighted by Gasteiger charge is -2.44. The molecular weight excluding hydrogens is 563 g/mol. The summed E-state index contributed by atoms with van der Waals surface area (Å²) >= 11 is 12.2. The van der Waals surface area contributed by atoms with Gasteiger partial charge in [0.15, 0.2) is 0 Å². The van der Waals surface area contributed by atoms with Crippen molar-refractivity contribution in [3.8, 4) is 0 Å². The van der Waals surface area contributed by atoms with E-state index in [1.54, 1.807) is 39.1 Å². The number of hydrogen-bond acceptors (Lipinski definition) is 6. The third kappa shape index (κ3) is 8.38. The number of nitrogens with one attached hydrogen (secondary N) is 2. The van der Waals surface area contributed by atoms with Crippen LogP contribution < -0.4 is 10.0 Å². The number of hydrogen-bond donors (Lipinski definition) is 2. The van der Waals surface area contributed by atoms with Crippen LogP contribution in [0.15, 0.2) is 42.6 Å². The van der Waals surface area contributed by atoms with Crippen molar-refractivity contribution >= 4 is 45.3 Å². The minimum absolute atomic E-state index is 0.0468. The van der Waals surface area contributed by atoms with E-state index in [1.165, 1.54) is 10.4 Å². The molecule has 1 atom stereocenters. The summed E-state index contributed by atoms with van der Waals surface area (Å²) in [7, 11) is -3.79. The maximum atomic E-state index is 13.0. The zero-order chi connectivity index (χ0) is 28.8. The minimum Gasteiger partial charge on any atom is -0.460 e. The van der Waals surface area contributed by atoms with Gasteiger partial charge in [-0.25, -0.2) is 4.72 Å². The lowest BCUT2D eigenvalue weighted by molar-refractivity contribution is -0.154. The SMILES string of the molecule is CC(CNC(=O)c1ccc(Cl)cc1Cl)C1(c2ccccn2)CCN(S(=O)(=O)NCCC(=O)OC(C)(C)C)CC1. The van der Waals surface area contributed by atoms with E-state index in [0.717, 1.165) is 5.69 Å². The number of carbonyl (C=O) groups excluding carboxylic acids is 2. The minimum atomic E-state index is -3.79. The Morgan fingerprint density at radius 1 is 1.15 bits per heavy atom. The zero-order valence-corrected chi connectivity index (χ0v) is 25.0. The van der Waals surface area contributed by atoms with Crippen LogP contribution in [-0.2, 0) is 25.2 Å². The summed E-state index contributed by atoms with van der Waals surface area (Å²) in [6.07, 6.45) is 2.68. The molecule has 0 bridgehead atoms. The quantitative estimate of drug-likeness (QED) is 0.392. The summed E-state index contributed by atoms with van der Waals surface area (Å²) < 4.78 is 35.1. The first-order chi connectivity index (χ1) is 18.2. The summed E-state index contributed by atoms with van der Waals surface area (Å²) in [4.78, 5) is 29.4. The highest BCUT2D eigenvalue weighted by atomic mass is 35.5. The molecule has 2 aromatic rings. The Hall–Kier alpha value is -2.24. The summed E-state index contributed by atoms with van der Waals surface area (Å²) in [5.74, 6) is -0.838. The smallest absolute Gasteiger partial charge is 0.307 e. The maximum Gasteiger partial charge on any atom is 0.307 e. The number of carbonyl (C=O) groups is 2. The molecule has 2 N–H and O–H groups in total. The van der Waals surface area contributed by atoms with Crippen LogP contribution in [0, 0.1) is 5.92 Å². The average molecular weight is 600 g/mol. The van der Waals surface area contributed by atoms with Crippen molar-refractivity contribution in [2.24, 2.45) is 5.92 Å². The van der Waals surface area contributed by atoms with Gasteiger partial charge in [-0.1, -0.05) is 36.2 Å². The molecule has 1 aliphatic rings. The number of aromatic nitrogens is 1. The van der Waals surface area contributed by atoms with Crippen LogP contribution in [-0.4, -0.2) is 61.4 Å². The van der Waals surface area contributed by atoms with Gasteiger partial charge in [0.25, 0.3) is 16.1 Å². The fourth-order valence-corrected chi connectivity index (χ4v) is 6.46. The predicted molar refractivity (Wildman–Crippen MR) is 152 cm³/mol. The van der Waals surface area contributed by atoms with Gasteiger partial charge >= 0.3 is 5.97 Å². The largest absolute Gasteiger partial charge is 0.460 e. The predicted octanol–water partition coefficient (Wildman–Crippen LogP) is 4.35. The van der Waals surface area contributed by atoms with Crippen LogP contribution in [0.4, 0.5) is 0 Å². The Morgan fingerprint density at radius 2 is 1.85 bits per heavy atom. The van der Waals surface area contributed by atoms with Crippen molar-refractivity contribution in [3.05, 3.63) is 63.9 Å². The molecule has 1 saturated heterocycles. The van der Waals surface area contributed by atoms with E-state index in [1.807, 2.05) is 25.1 Å². The van der Waals surface area contributed by atoms with Gasteiger partial charge in [-0.3, -0.25) is 14.6 Å². The Balaban J connectivity index is 1.66. The van der Waals surface area contributed by atoms with Crippen LogP contribution >= 0.6 is 23.2 Å². The average Bonchev–Trinajstić information content (AvgIpc) is 2.86. The van der Waals surface area contributed by atoms with Gasteiger partial charge in [-0.05, 0) is 69.9 Å². The van der Waals surface area contributed by atoms with Crippen molar-refractivity contribution < 1.29 is 22.7 Å². The molecule has 0 saturated carbocycles. The summed E-state index contributed by atoms with van der Waals surface area (Å²) in [5.41, 5.74) is 0.0974. The number of benzene rings is 1.